The summed E-state index contributed by atoms with van der Waals surface area (Å²) in [6, 6.07) is 4.33. The number of nitrogens with zero attached hydrogens (tertiary/aromatic N) is 3. The van der Waals surface area contributed by atoms with Gasteiger partial charge in [0.25, 0.3) is 5.69 Å². The fourth-order valence-corrected chi connectivity index (χ4v) is 2.56. The van der Waals surface area contributed by atoms with E-state index in [0.29, 0.717) is 21.9 Å². The highest BCUT2D eigenvalue weighted by molar-refractivity contribution is 8.00. The van der Waals surface area contributed by atoms with Crippen molar-refractivity contribution >= 4 is 34.4 Å². The van der Waals surface area contributed by atoms with Crippen molar-refractivity contribution in [1.82, 2.24) is 9.55 Å². The minimum absolute atomic E-state index is 0.0123. The number of carbonyl (C=O) groups is 1. The van der Waals surface area contributed by atoms with Crippen molar-refractivity contribution in [2.45, 2.75) is 5.16 Å². The molecule has 16 heavy (non-hydrogen) atoms. The van der Waals surface area contributed by atoms with Gasteiger partial charge in [0.05, 0.1) is 21.7 Å². The fraction of sp³-hybridized carbons (Fsp3) is 0.111. The van der Waals surface area contributed by atoms with E-state index in [1.807, 2.05) is 0 Å². The number of aromatic nitrogens is 2. The van der Waals surface area contributed by atoms with Crippen LogP contribution in [-0.4, -0.2) is 26.1 Å². The van der Waals surface area contributed by atoms with Crippen molar-refractivity contribution in [1.29, 1.82) is 0 Å². The molecule has 0 saturated carbocycles. The number of hydrogen-bond acceptors (Lipinski definition) is 5. The van der Waals surface area contributed by atoms with Gasteiger partial charge in [0, 0.05) is 12.1 Å². The van der Waals surface area contributed by atoms with E-state index in [1.54, 1.807) is 6.07 Å². The molecule has 1 aromatic heterocycles. The van der Waals surface area contributed by atoms with Crippen LogP contribution < -0.4 is 0 Å². The second-order valence-electron chi connectivity index (χ2n) is 3.34. The number of imidazole rings is 1. The van der Waals surface area contributed by atoms with Crippen molar-refractivity contribution in [3.63, 3.8) is 0 Å². The molecular formula is C9H5N3O3S. The van der Waals surface area contributed by atoms with Gasteiger partial charge in [0.2, 0.25) is 5.91 Å². The molecule has 1 aromatic carbocycles. The van der Waals surface area contributed by atoms with Crippen LogP contribution in [0.5, 0.6) is 0 Å². The van der Waals surface area contributed by atoms with Crippen molar-refractivity contribution in [2.24, 2.45) is 0 Å². The lowest BCUT2D eigenvalue weighted by molar-refractivity contribution is -0.384. The van der Waals surface area contributed by atoms with Gasteiger partial charge in [0.1, 0.15) is 0 Å². The quantitative estimate of drug-likeness (QED) is 0.555. The third-order valence-corrected chi connectivity index (χ3v) is 3.32. The molecule has 0 aliphatic carbocycles. The van der Waals surface area contributed by atoms with Gasteiger partial charge >= 0.3 is 0 Å². The molecule has 6 nitrogen and oxygen atoms in total. The lowest BCUT2D eigenvalue weighted by atomic mass is 10.3. The maximum atomic E-state index is 11.5. The summed E-state index contributed by atoms with van der Waals surface area (Å²) in [5.74, 6) is 0.353. The van der Waals surface area contributed by atoms with Crippen LogP contribution in [0.3, 0.4) is 0 Å². The van der Waals surface area contributed by atoms with E-state index in [4.69, 9.17) is 0 Å². The molecule has 0 bridgehead atoms. The summed E-state index contributed by atoms with van der Waals surface area (Å²) >= 11 is 1.35. The van der Waals surface area contributed by atoms with E-state index in [2.05, 4.69) is 4.98 Å². The Hall–Kier alpha value is -1.89. The average molecular weight is 235 g/mol. The molecule has 0 N–H and O–H groups in total. The number of hydrogen-bond donors (Lipinski definition) is 0. The predicted octanol–water partition coefficient (Wildman–Crippen LogP) is 1.69. The van der Waals surface area contributed by atoms with Gasteiger partial charge in [-0.1, -0.05) is 11.8 Å². The Labute approximate surface area is 93.4 Å². The summed E-state index contributed by atoms with van der Waals surface area (Å²) < 4.78 is 1.50. The van der Waals surface area contributed by atoms with Crippen LogP contribution in [0.4, 0.5) is 5.69 Å². The maximum absolute atomic E-state index is 11.5. The van der Waals surface area contributed by atoms with Crippen LogP contribution in [0, 0.1) is 10.1 Å². The zero-order valence-electron chi connectivity index (χ0n) is 7.91. The number of fused-ring (bicyclic) bond motifs is 3. The van der Waals surface area contributed by atoms with E-state index >= 15 is 0 Å². The molecule has 0 radical (unpaired) electrons. The first-order chi connectivity index (χ1) is 7.66. The Morgan fingerprint density at radius 3 is 3.06 bits per heavy atom. The Morgan fingerprint density at radius 2 is 2.31 bits per heavy atom. The van der Waals surface area contributed by atoms with E-state index in [9.17, 15) is 14.9 Å². The molecule has 0 fully saturated rings. The number of non-ortho nitro benzene ring substituents is 1. The zero-order valence-corrected chi connectivity index (χ0v) is 8.73. The van der Waals surface area contributed by atoms with Crippen LogP contribution in [0.2, 0.25) is 0 Å². The number of rotatable bonds is 1. The molecule has 7 heteroatoms. The van der Waals surface area contributed by atoms with Crippen molar-refractivity contribution in [2.75, 3.05) is 5.75 Å². The summed E-state index contributed by atoms with van der Waals surface area (Å²) in [6.07, 6.45) is 0. The van der Waals surface area contributed by atoms with Crippen LogP contribution in [0.15, 0.2) is 23.4 Å². The molecule has 0 amide bonds. The second kappa shape index (κ2) is 3.05. The highest BCUT2D eigenvalue weighted by Gasteiger charge is 2.24. The largest absolute Gasteiger partial charge is 0.273 e. The third-order valence-electron chi connectivity index (χ3n) is 2.39. The number of nitro groups is 1. The van der Waals surface area contributed by atoms with Gasteiger partial charge in [-0.2, -0.15) is 0 Å². The number of nitro benzene ring substituents is 1. The molecular weight excluding hydrogens is 230 g/mol. The van der Waals surface area contributed by atoms with Crippen molar-refractivity contribution < 1.29 is 9.72 Å². The van der Waals surface area contributed by atoms with Crippen LogP contribution in [0.1, 0.15) is 4.79 Å². The molecule has 3 rings (SSSR count). The summed E-state index contributed by atoms with van der Waals surface area (Å²) in [4.78, 5) is 25.8. The summed E-state index contributed by atoms with van der Waals surface area (Å²) in [5.41, 5.74) is 1.11. The molecule has 2 aromatic rings. The van der Waals surface area contributed by atoms with Gasteiger partial charge in [-0.05, 0) is 6.07 Å². The number of thioether (sulfide) groups is 1. The average Bonchev–Trinajstić information content (AvgIpc) is 2.77. The number of benzene rings is 1. The molecule has 1 aliphatic rings. The second-order valence-corrected chi connectivity index (χ2v) is 4.28. The molecule has 1 aliphatic heterocycles. The van der Waals surface area contributed by atoms with Gasteiger partial charge in [-0.25, -0.2) is 4.98 Å². The summed E-state index contributed by atoms with van der Waals surface area (Å²) in [6.45, 7) is 0. The minimum Gasteiger partial charge on any atom is -0.273 e. The highest BCUT2D eigenvalue weighted by Crippen LogP contribution is 2.31. The Kier molecular flexibility index (Phi) is 1.78. The first-order valence-electron chi connectivity index (χ1n) is 4.50. The summed E-state index contributed by atoms with van der Waals surface area (Å²) in [5, 5.41) is 11.2. The monoisotopic (exact) mass is 235 g/mol. The molecule has 0 atom stereocenters. The van der Waals surface area contributed by atoms with Gasteiger partial charge in [-0.3, -0.25) is 19.5 Å². The Morgan fingerprint density at radius 1 is 1.50 bits per heavy atom. The van der Waals surface area contributed by atoms with Gasteiger partial charge in [0.15, 0.2) is 5.16 Å². The normalized spacial score (nSPS) is 14.4. The molecule has 0 spiro atoms. The first-order valence-corrected chi connectivity index (χ1v) is 5.48. The highest BCUT2D eigenvalue weighted by atomic mass is 32.2. The van der Waals surface area contributed by atoms with Crippen molar-refractivity contribution in [3.8, 4) is 0 Å². The topological polar surface area (TPSA) is 78.0 Å². The summed E-state index contributed by atoms with van der Waals surface area (Å²) in [7, 11) is 0. The third kappa shape index (κ3) is 1.15. The maximum Gasteiger partial charge on any atom is 0.271 e. The minimum atomic E-state index is -0.473. The van der Waals surface area contributed by atoms with Crippen LogP contribution in [-0.2, 0) is 0 Å². The lowest BCUT2D eigenvalue weighted by Crippen LogP contribution is -2.05. The zero-order chi connectivity index (χ0) is 11.3. The van der Waals surface area contributed by atoms with Crippen LogP contribution in [0.25, 0.3) is 11.0 Å². The van der Waals surface area contributed by atoms with E-state index in [0.717, 1.165) is 0 Å². The molecule has 0 unspecified atom stereocenters. The van der Waals surface area contributed by atoms with E-state index in [-0.39, 0.29) is 11.6 Å². The van der Waals surface area contributed by atoms with Crippen molar-refractivity contribution in [3.05, 3.63) is 28.3 Å². The van der Waals surface area contributed by atoms with Gasteiger partial charge < -0.3 is 0 Å². The van der Waals surface area contributed by atoms with E-state index in [1.165, 1.54) is 28.5 Å². The fourth-order valence-electron chi connectivity index (χ4n) is 1.69. The standard InChI is InChI=1S/C9H5N3O3S/c13-8-4-16-9-10-6-3-5(12(14)15)1-2-7(6)11(8)9/h1-3H,4H2. The van der Waals surface area contributed by atoms with E-state index < -0.39 is 4.92 Å². The Bertz CT molecular complexity index is 634. The number of carbonyl (C=O) groups excluding carboxylic acids is 1. The van der Waals surface area contributed by atoms with Crippen LogP contribution >= 0.6 is 11.8 Å². The smallest absolute Gasteiger partial charge is 0.271 e. The molecule has 0 saturated heterocycles. The molecule has 80 valence electrons. The lowest BCUT2D eigenvalue weighted by Gasteiger charge is -1.95. The SMILES string of the molecule is O=C1CSc2nc3cc([N+](=O)[O-])ccc3n21. The van der Waals surface area contributed by atoms with Gasteiger partial charge in [-0.15, -0.1) is 0 Å². The molecule has 2 heterocycles. The Balaban J connectivity index is 2.30. The first kappa shape index (κ1) is 9.34. The predicted molar refractivity (Wildman–Crippen MR) is 57.7 cm³/mol.